The van der Waals surface area contributed by atoms with Crippen molar-refractivity contribution in [2.75, 3.05) is 19.5 Å². The number of anilines is 1. The fourth-order valence-corrected chi connectivity index (χ4v) is 2.50. The van der Waals surface area contributed by atoms with Crippen LogP contribution in [0.25, 0.3) is 0 Å². The van der Waals surface area contributed by atoms with Gasteiger partial charge >= 0.3 is 5.97 Å². The molecular weight excluding hydrogens is 346 g/mol. The molecule has 0 aromatic heterocycles. The van der Waals surface area contributed by atoms with E-state index < -0.39 is 18.0 Å². The monoisotopic (exact) mass is 371 g/mol. The standard InChI is InChI=1S/C21H25NO5/c1-14-5-11-19(26-4)18(13-14)22-21(24)15(2)27-20(23)12-8-16-6-9-17(25-3)10-7-16/h5-7,9-11,13,15H,8,12H2,1-4H3,(H,22,24)/t15-/m0/s1. The predicted octanol–water partition coefficient (Wildman–Crippen LogP) is 3.52. The van der Waals surface area contributed by atoms with Gasteiger partial charge in [0.25, 0.3) is 5.91 Å². The number of benzene rings is 2. The number of amides is 1. The highest BCUT2D eigenvalue weighted by Gasteiger charge is 2.19. The number of rotatable bonds is 8. The Hall–Kier alpha value is -3.02. The first-order valence-electron chi connectivity index (χ1n) is 8.71. The molecule has 0 unspecified atom stereocenters. The number of esters is 1. The van der Waals surface area contributed by atoms with Crippen LogP contribution < -0.4 is 14.8 Å². The van der Waals surface area contributed by atoms with E-state index >= 15 is 0 Å². The molecule has 0 aliphatic carbocycles. The number of aryl methyl sites for hydroxylation is 2. The number of hydrogen-bond donors (Lipinski definition) is 1. The summed E-state index contributed by atoms with van der Waals surface area (Å²) in [6.45, 7) is 3.46. The minimum absolute atomic E-state index is 0.192. The Morgan fingerprint density at radius 1 is 1.04 bits per heavy atom. The number of methoxy groups -OCH3 is 2. The van der Waals surface area contributed by atoms with Crippen molar-refractivity contribution < 1.29 is 23.8 Å². The number of ether oxygens (including phenoxy) is 3. The van der Waals surface area contributed by atoms with Crippen molar-refractivity contribution in [3.63, 3.8) is 0 Å². The zero-order valence-electron chi connectivity index (χ0n) is 16.1. The third-order valence-corrected chi connectivity index (χ3v) is 4.07. The maximum Gasteiger partial charge on any atom is 0.306 e. The molecule has 27 heavy (non-hydrogen) atoms. The average molecular weight is 371 g/mol. The van der Waals surface area contributed by atoms with Crippen LogP contribution in [0.15, 0.2) is 42.5 Å². The van der Waals surface area contributed by atoms with Crippen molar-refractivity contribution >= 4 is 17.6 Å². The first kappa shape index (κ1) is 20.3. The van der Waals surface area contributed by atoms with Crippen LogP contribution in [0.5, 0.6) is 11.5 Å². The lowest BCUT2D eigenvalue weighted by Gasteiger charge is -2.15. The zero-order chi connectivity index (χ0) is 19.8. The molecule has 0 aliphatic heterocycles. The molecule has 2 aromatic rings. The van der Waals surface area contributed by atoms with Crippen LogP contribution >= 0.6 is 0 Å². The smallest absolute Gasteiger partial charge is 0.306 e. The molecule has 0 radical (unpaired) electrons. The van der Waals surface area contributed by atoms with Gasteiger partial charge in [0, 0.05) is 6.42 Å². The number of nitrogens with one attached hydrogen (secondary N) is 1. The van der Waals surface area contributed by atoms with Crippen LogP contribution in [0.3, 0.4) is 0 Å². The van der Waals surface area contributed by atoms with Crippen LogP contribution in [0.2, 0.25) is 0 Å². The molecule has 0 spiro atoms. The van der Waals surface area contributed by atoms with Gasteiger partial charge in [-0.2, -0.15) is 0 Å². The van der Waals surface area contributed by atoms with Crippen molar-refractivity contribution in [3.8, 4) is 11.5 Å². The predicted molar refractivity (Wildman–Crippen MR) is 103 cm³/mol. The Morgan fingerprint density at radius 3 is 2.37 bits per heavy atom. The molecule has 0 aliphatic rings. The summed E-state index contributed by atoms with van der Waals surface area (Å²) in [6, 6.07) is 12.9. The van der Waals surface area contributed by atoms with E-state index in [1.54, 1.807) is 26.2 Å². The van der Waals surface area contributed by atoms with Gasteiger partial charge in [-0.1, -0.05) is 18.2 Å². The second kappa shape index (κ2) is 9.62. The average Bonchev–Trinajstić information content (AvgIpc) is 2.67. The summed E-state index contributed by atoms with van der Waals surface area (Å²) < 4.78 is 15.6. The minimum Gasteiger partial charge on any atom is -0.497 e. The van der Waals surface area contributed by atoms with Crippen LogP contribution in [0.4, 0.5) is 5.69 Å². The highest BCUT2D eigenvalue weighted by Crippen LogP contribution is 2.25. The molecular formula is C21H25NO5. The molecule has 0 bridgehead atoms. The van der Waals surface area contributed by atoms with E-state index in [2.05, 4.69) is 5.32 Å². The van der Waals surface area contributed by atoms with Gasteiger partial charge < -0.3 is 19.5 Å². The van der Waals surface area contributed by atoms with E-state index in [-0.39, 0.29) is 6.42 Å². The Kier molecular flexibility index (Phi) is 7.23. The van der Waals surface area contributed by atoms with E-state index in [1.165, 1.54) is 7.11 Å². The van der Waals surface area contributed by atoms with Crippen molar-refractivity contribution in [1.82, 2.24) is 0 Å². The maximum atomic E-state index is 12.3. The highest BCUT2D eigenvalue weighted by molar-refractivity contribution is 5.96. The molecule has 1 atom stereocenters. The molecule has 144 valence electrons. The van der Waals surface area contributed by atoms with Crippen LogP contribution in [-0.4, -0.2) is 32.2 Å². The lowest BCUT2D eigenvalue weighted by Crippen LogP contribution is -2.30. The van der Waals surface area contributed by atoms with E-state index in [1.807, 2.05) is 37.3 Å². The normalized spacial score (nSPS) is 11.4. The van der Waals surface area contributed by atoms with Gasteiger partial charge in [0.15, 0.2) is 6.10 Å². The Bertz CT molecular complexity index is 786. The van der Waals surface area contributed by atoms with Crippen molar-refractivity contribution in [2.24, 2.45) is 0 Å². The summed E-state index contributed by atoms with van der Waals surface area (Å²) in [5, 5.41) is 2.74. The molecule has 6 heteroatoms. The first-order valence-corrected chi connectivity index (χ1v) is 8.71. The molecule has 0 saturated heterocycles. The van der Waals surface area contributed by atoms with E-state index in [4.69, 9.17) is 14.2 Å². The number of hydrogen-bond acceptors (Lipinski definition) is 5. The van der Waals surface area contributed by atoms with Crippen molar-refractivity contribution in [1.29, 1.82) is 0 Å². The third kappa shape index (κ3) is 6.02. The molecule has 0 saturated carbocycles. The fourth-order valence-electron chi connectivity index (χ4n) is 2.50. The molecule has 0 fully saturated rings. The Labute approximate surface area is 159 Å². The van der Waals surface area contributed by atoms with Gasteiger partial charge in [0.2, 0.25) is 0 Å². The zero-order valence-corrected chi connectivity index (χ0v) is 16.1. The molecule has 6 nitrogen and oxygen atoms in total. The van der Waals surface area contributed by atoms with E-state index in [0.29, 0.717) is 17.9 Å². The second-order valence-corrected chi connectivity index (χ2v) is 6.17. The lowest BCUT2D eigenvalue weighted by atomic mass is 10.1. The Morgan fingerprint density at radius 2 is 1.74 bits per heavy atom. The second-order valence-electron chi connectivity index (χ2n) is 6.17. The maximum absolute atomic E-state index is 12.3. The van der Waals surface area contributed by atoms with Gasteiger partial charge in [-0.05, 0) is 55.7 Å². The van der Waals surface area contributed by atoms with E-state index in [9.17, 15) is 9.59 Å². The van der Waals surface area contributed by atoms with E-state index in [0.717, 1.165) is 16.9 Å². The summed E-state index contributed by atoms with van der Waals surface area (Å²) in [5.74, 6) is 0.478. The Balaban J connectivity index is 1.86. The summed E-state index contributed by atoms with van der Waals surface area (Å²) in [7, 11) is 3.13. The van der Waals surface area contributed by atoms with Gasteiger partial charge in [-0.15, -0.1) is 0 Å². The highest BCUT2D eigenvalue weighted by atomic mass is 16.5. The number of carbonyl (C=O) groups is 2. The van der Waals surface area contributed by atoms with Gasteiger partial charge in [-0.25, -0.2) is 0 Å². The van der Waals surface area contributed by atoms with Crippen LogP contribution in [0, 0.1) is 6.92 Å². The van der Waals surface area contributed by atoms with Gasteiger partial charge in [0.05, 0.1) is 19.9 Å². The first-order chi connectivity index (χ1) is 12.9. The summed E-state index contributed by atoms with van der Waals surface area (Å²) in [4.78, 5) is 24.3. The van der Waals surface area contributed by atoms with Crippen LogP contribution in [-0.2, 0) is 20.7 Å². The molecule has 0 heterocycles. The summed E-state index contributed by atoms with van der Waals surface area (Å²) in [5.41, 5.74) is 2.52. The van der Waals surface area contributed by atoms with Crippen molar-refractivity contribution in [3.05, 3.63) is 53.6 Å². The molecule has 2 aromatic carbocycles. The molecule has 2 rings (SSSR count). The van der Waals surface area contributed by atoms with Crippen molar-refractivity contribution in [2.45, 2.75) is 32.8 Å². The van der Waals surface area contributed by atoms with Gasteiger partial charge in [-0.3, -0.25) is 9.59 Å². The van der Waals surface area contributed by atoms with Gasteiger partial charge in [0.1, 0.15) is 11.5 Å². The minimum atomic E-state index is -0.904. The fraction of sp³-hybridized carbons (Fsp3) is 0.333. The summed E-state index contributed by atoms with van der Waals surface area (Å²) >= 11 is 0. The SMILES string of the molecule is COc1ccc(CCC(=O)O[C@@H](C)C(=O)Nc2cc(C)ccc2OC)cc1. The summed E-state index contributed by atoms with van der Waals surface area (Å²) in [6.07, 6.45) is -0.181. The quantitative estimate of drug-likeness (QED) is 0.719. The molecule has 1 amide bonds. The lowest BCUT2D eigenvalue weighted by molar-refractivity contribution is -0.153. The molecule has 1 N–H and O–H groups in total. The largest absolute Gasteiger partial charge is 0.497 e. The topological polar surface area (TPSA) is 73.9 Å². The number of carbonyl (C=O) groups excluding carboxylic acids is 2. The van der Waals surface area contributed by atoms with Crippen LogP contribution in [0.1, 0.15) is 24.5 Å². The third-order valence-electron chi connectivity index (χ3n) is 4.07.